The van der Waals surface area contributed by atoms with E-state index < -0.39 is 5.41 Å². The smallest absolute Gasteiger partial charge is 0.161 e. The molecule has 252 valence electrons. The summed E-state index contributed by atoms with van der Waals surface area (Å²) in [5, 5.41) is 2.52. The third kappa shape index (κ3) is 4.60. The highest BCUT2D eigenvalue weighted by atomic mass is 32.2. The van der Waals surface area contributed by atoms with Crippen molar-refractivity contribution in [2.45, 2.75) is 15.2 Å². The fourth-order valence-corrected chi connectivity index (χ4v) is 10.0. The van der Waals surface area contributed by atoms with Crippen molar-refractivity contribution < 1.29 is 0 Å². The van der Waals surface area contributed by atoms with Crippen molar-refractivity contribution in [1.29, 1.82) is 0 Å². The maximum atomic E-state index is 5.27. The van der Waals surface area contributed by atoms with Crippen molar-refractivity contribution in [2.75, 3.05) is 0 Å². The Morgan fingerprint density at radius 3 is 1.91 bits per heavy atom. The third-order valence-electron chi connectivity index (χ3n) is 11.1. The van der Waals surface area contributed by atoms with Crippen LogP contribution in [0.5, 0.6) is 0 Å². The molecular weight excluding hydrogens is 675 g/mol. The van der Waals surface area contributed by atoms with E-state index in [1.54, 1.807) is 6.20 Å². The van der Waals surface area contributed by atoms with Crippen molar-refractivity contribution in [3.63, 3.8) is 0 Å². The maximum Gasteiger partial charge on any atom is 0.161 e. The molecule has 0 radical (unpaired) electrons. The van der Waals surface area contributed by atoms with Crippen LogP contribution < -0.4 is 0 Å². The highest BCUT2D eigenvalue weighted by Crippen LogP contribution is 2.62. The molecule has 1 unspecified atom stereocenters. The second-order valence-electron chi connectivity index (χ2n) is 13.9. The van der Waals surface area contributed by atoms with Gasteiger partial charge in [0.25, 0.3) is 0 Å². The van der Waals surface area contributed by atoms with Gasteiger partial charge in [-0.3, -0.25) is 4.98 Å². The largest absolute Gasteiger partial charge is 0.264 e. The van der Waals surface area contributed by atoms with E-state index in [2.05, 4.69) is 163 Å². The molecule has 0 N–H and O–H groups in total. The lowest BCUT2D eigenvalue weighted by molar-refractivity contribution is 0.711. The van der Waals surface area contributed by atoms with Crippen LogP contribution in [0.25, 0.3) is 66.9 Å². The fourth-order valence-electron chi connectivity index (χ4n) is 8.72. The number of hydrogen-bond acceptors (Lipinski definition) is 4. The molecule has 2 aromatic heterocycles. The molecule has 0 saturated heterocycles. The zero-order chi connectivity index (χ0) is 35.6. The molecule has 9 aromatic rings. The van der Waals surface area contributed by atoms with E-state index in [9.17, 15) is 0 Å². The minimum absolute atomic E-state index is 0.635. The minimum atomic E-state index is -0.635. The van der Waals surface area contributed by atoms with E-state index in [-0.39, 0.29) is 0 Å². The van der Waals surface area contributed by atoms with E-state index in [0.717, 1.165) is 28.1 Å². The number of hydrogen-bond donors (Lipinski definition) is 0. The average molecular weight is 706 g/mol. The second-order valence-corrected chi connectivity index (χ2v) is 15.0. The zero-order valence-corrected chi connectivity index (χ0v) is 30.0. The van der Waals surface area contributed by atoms with E-state index in [1.165, 1.54) is 65.1 Å². The van der Waals surface area contributed by atoms with Crippen LogP contribution in [0, 0.1) is 0 Å². The van der Waals surface area contributed by atoms with Gasteiger partial charge in [0, 0.05) is 38.9 Å². The molecule has 54 heavy (non-hydrogen) atoms. The van der Waals surface area contributed by atoms with Crippen LogP contribution >= 0.6 is 11.8 Å². The Morgan fingerprint density at radius 1 is 0.426 bits per heavy atom. The van der Waals surface area contributed by atoms with Crippen LogP contribution in [0.2, 0.25) is 0 Å². The van der Waals surface area contributed by atoms with Crippen LogP contribution in [-0.2, 0) is 5.41 Å². The van der Waals surface area contributed by atoms with Gasteiger partial charge in [-0.15, -0.1) is 0 Å². The van der Waals surface area contributed by atoms with E-state index in [1.807, 2.05) is 36.2 Å². The molecule has 3 nitrogen and oxygen atoms in total. The normalized spacial score (nSPS) is 15.0. The highest BCUT2D eigenvalue weighted by Gasteiger charge is 2.48. The Bertz CT molecular complexity index is 2860. The van der Waals surface area contributed by atoms with Crippen molar-refractivity contribution in [3.05, 3.63) is 211 Å². The SMILES string of the molecule is c1ccc(-c2cc(-c3ccc4c(c3)C3(c5ccccc5Sc5c3ccc3ccccc53)c3ccccc3-c3ccccc3-4)nc(-c3cccnc3)n2)cc1. The Morgan fingerprint density at radius 2 is 1.09 bits per heavy atom. The molecule has 2 aliphatic rings. The van der Waals surface area contributed by atoms with Gasteiger partial charge >= 0.3 is 0 Å². The van der Waals surface area contributed by atoms with Gasteiger partial charge in [0.1, 0.15) is 0 Å². The standard InChI is InChI=1S/C50H31N3S/c1-2-14-33(15-3-1)45-30-46(53-49(52-45)35-16-12-28-51-31-35)34-24-26-40-38-19-7-6-18-37(38)39-20-8-9-21-41(39)50(44(40)29-34)42-22-10-11-23-47(42)54-48-36-17-5-4-13-32(36)25-27-43(48)50/h1-31H. The number of aromatic nitrogens is 3. The first-order valence-corrected chi connectivity index (χ1v) is 19.1. The number of nitrogens with zero attached hydrogens (tertiary/aromatic N) is 3. The predicted octanol–water partition coefficient (Wildman–Crippen LogP) is 12.5. The minimum Gasteiger partial charge on any atom is -0.264 e. The van der Waals surface area contributed by atoms with Gasteiger partial charge in [-0.05, 0) is 85.6 Å². The lowest BCUT2D eigenvalue weighted by Crippen LogP contribution is -2.34. The molecule has 0 bridgehead atoms. The number of rotatable bonds is 3. The van der Waals surface area contributed by atoms with Crippen LogP contribution in [0.4, 0.5) is 0 Å². The van der Waals surface area contributed by atoms with Crippen LogP contribution in [0.1, 0.15) is 22.3 Å². The maximum absolute atomic E-state index is 5.27. The summed E-state index contributed by atoms with van der Waals surface area (Å²) in [6.45, 7) is 0. The number of fused-ring (bicyclic) bond motifs is 13. The molecule has 0 amide bonds. The Labute approximate surface area is 318 Å². The summed E-state index contributed by atoms with van der Waals surface area (Å²) in [7, 11) is 0. The fraction of sp³-hybridized carbons (Fsp3) is 0.0200. The Balaban J connectivity index is 1.28. The van der Waals surface area contributed by atoms with Gasteiger partial charge in [-0.1, -0.05) is 157 Å². The highest BCUT2D eigenvalue weighted by molar-refractivity contribution is 7.99. The Hall–Kier alpha value is -6.62. The summed E-state index contributed by atoms with van der Waals surface area (Å²) >= 11 is 1.89. The molecule has 1 spiro atoms. The van der Waals surface area contributed by atoms with Gasteiger partial charge in [0.2, 0.25) is 0 Å². The van der Waals surface area contributed by atoms with Crippen LogP contribution in [-0.4, -0.2) is 15.0 Å². The van der Waals surface area contributed by atoms with Gasteiger partial charge in [-0.2, -0.15) is 0 Å². The van der Waals surface area contributed by atoms with E-state index in [4.69, 9.17) is 9.97 Å². The van der Waals surface area contributed by atoms with E-state index in [0.29, 0.717) is 5.82 Å². The van der Waals surface area contributed by atoms with Gasteiger partial charge in [0.05, 0.1) is 16.8 Å². The monoisotopic (exact) mass is 705 g/mol. The molecule has 1 aliphatic carbocycles. The summed E-state index contributed by atoms with van der Waals surface area (Å²) in [6.07, 6.45) is 3.63. The summed E-state index contributed by atoms with van der Waals surface area (Å²) < 4.78 is 0. The summed E-state index contributed by atoms with van der Waals surface area (Å²) in [5.74, 6) is 0.649. The first kappa shape index (κ1) is 31.0. The van der Waals surface area contributed by atoms with Crippen molar-refractivity contribution >= 4 is 22.5 Å². The topological polar surface area (TPSA) is 38.7 Å². The molecule has 11 rings (SSSR count). The quantitative estimate of drug-likeness (QED) is 0.183. The average Bonchev–Trinajstić information content (AvgIpc) is 3.35. The first-order chi connectivity index (χ1) is 26.8. The summed E-state index contributed by atoms with van der Waals surface area (Å²) in [6, 6.07) is 64.0. The van der Waals surface area contributed by atoms with Crippen molar-refractivity contribution in [3.8, 4) is 56.2 Å². The molecule has 7 aromatic carbocycles. The zero-order valence-electron chi connectivity index (χ0n) is 29.1. The second kappa shape index (κ2) is 12.2. The lowest BCUT2D eigenvalue weighted by Gasteiger charge is -2.43. The molecule has 0 fully saturated rings. The van der Waals surface area contributed by atoms with Crippen LogP contribution in [0.15, 0.2) is 198 Å². The predicted molar refractivity (Wildman–Crippen MR) is 221 cm³/mol. The molecule has 1 aliphatic heterocycles. The molecule has 3 heterocycles. The number of pyridine rings is 1. The van der Waals surface area contributed by atoms with Gasteiger partial charge in [0.15, 0.2) is 5.82 Å². The molecule has 0 saturated carbocycles. The number of benzene rings is 7. The van der Waals surface area contributed by atoms with Gasteiger partial charge < -0.3 is 0 Å². The summed E-state index contributed by atoms with van der Waals surface area (Å²) in [4.78, 5) is 17.3. The van der Waals surface area contributed by atoms with Crippen LogP contribution in [0.3, 0.4) is 0 Å². The van der Waals surface area contributed by atoms with Gasteiger partial charge in [-0.25, -0.2) is 9.97 Å². The van der Waals surface area contributed by atoms with Crippen molar-refractivity contribution in [1.82, 2.24) is 15.0 Å². The third-order valence-corrected chi connectivity index (χ3v) is 12.3. The Kier molecular flexibility index (Phi) is 7.01. The lowest BCUT2D eigenvalue weighted by atomic mass is 9.62. The van der Waals surface area contributed by atoms with Crippen molar-refractivity contribution in [2.24, 2.45) is 0 Å². The molecular formula is C50H31N3S. The summed E-state index contributed by atoms with van der Waals surface area (Å²) in [5.41, 5.74) is 14.1. The molecule has 1 atom stereocenters. The first-order valence-electron chi connectivity index (χ1n) is 18.3. The van der Waals surface area contributed by atoms with E-state index >= 15 is 0 Å². The molecule has 4 heteroatoms.